The first kappa shape index (κ1) is 10.5. The highest BCUT2D eigenvalue weighted by Crippen LogP contribution is 2.27. The number of anilines is 1. The van der Waals surface area contributed by atoms with Gasteiger partial charge in [-0.2, -0.15) is 0 Å². The Hall–Kier alpha value is -1.97. The van der Waals surface area contributed by atoms with Crippen LogP contribution in [0, 0.1) is 0 Å². The van der Waals surface area contributed by atoms with Crippen LogP contribution in [0.4, 0.5) is 5.69 Å². The summed E-state index contributed by atoms with van der Waals surface area (Å²) in [5.41, 5.74) is 2.34. The zero-order chi connectivity index (χ0) is 11.9. The van der Waals surface area contributed by atoms with Gasteiger partial charge in [0.2, 0.25) is 0 Å². The topological polar surface area (TPSA) is 45.5 Å². The Balaban J connectivity index is 2.71. The Labute approximate surface area is 93.7 Å². The zero-order valence-electron chi connectivity index (χ0n) is 9.56. The minimum absolute atomic E-state index is 0.319. The van der Waals surface area contributed by atoms with Crippen LogP contribution in [0.3, 0.4) is 0 Å². The number of aryl methyl sites for hydroxylation is 1. The van der Waals surface area contributed by atoms with Crippen molar-refractivity contribution in [3.63, 3.8) is 0 Å². The molecule has 2 aromatic rings. The fraction of sp³-hybridized carbons (Fsp3) is 0.250. The molecule has 0 spiro atoms. The third kappa shape index (κ3) is 1.52. The van der Waals surface area contributed by atoms with Crippen LogP contribution in [0.5, 0.6) is 0 Å². The minimum atomic E-state index is -0.894. The van der Waals surface area contributed by atoms with Crippen LogP contribution in [-0.4, -0.2) is 29.7 Å². The summed E-state index contributed by atoms with van der Waals surface area (Å²) in [4.78, 5) is 12.9. The Morgan fingerprint density at radius 1 is 1.38 bits per heavy atom. The number of hydrogen-bond donors (Lipinski definition) is 1. The van der Waals surface area contributed by atoms with Gasteiger partial charge in [-0.15, -0.1) is 0 Å². The molecule has 16 heavy (non-hydrogen) atoms. The standard InChI is InChI=1S/C12H14N2O2/c1-13(2)11-7-14(3)10-6-8(12(15)16)4-5-9(10)11/h4-7H,1-3H3,(H,15,16). The number of nitrogens with zero attached hydrogens (tertiary/aromatic N) is 2. The fourth-order valence-corrected chi connectivity index (χ4v) is 1.85. The molecule has 0 bridgehead atoms. The maximum Gasteiger partial charge on any atom is 0.335 e. The number of aromatic carboxylic acids is 1. The molecule has 0 aliphatic rings. The van der Waals surface area contributed by atoms with Crippen molar-refractivity contribution in [2.45, 2.75) is 0 Å². The molecule has 4 nitrogen and oxygen atoms in total. The summed E-state index contributed by atoms with van der Waals surface area (Å²) in [6.07, 6.45) is 2.00. The number of carbonyl (C=O) groups is 1. The Morgan fingerprint density at radius 3 is 2.62 bits per heavy atom. The van der Waals surface area contributed by atoms with E-state index in [1.165, 1.54) is 0 Å². The lowest BCUT2D eigenvalue weighted by atomic mass is 10.1. The highest BCUT2D eigenvalue weighted by atomic mass is 16.4. The third-order valence-corrected chi connectivity index (χ3v) is 2.70. The lowest BCUT2D eigenvalue weighted by molar-refractivity contribution is 0.0697. The lowest BCUT2D eigenvalue weighted by Crippen LogP contribution is -2.07. The van der Waals surface area contributed by atoms with Gasteiger partial charge in [0.25, 0.3) is 0 Å². The van der Waals surface area contributed by atoms with E-state index < -0.39 is 5.97 Å². The van der Waals surface area contributed by atoms with Crippen molar-refractivity contribution in [1.82, 2.24) is 4.57 Å². The van der Waals surface area contributed by atoms with Gasteiger partial charge in [-0.1, -0.05) is 0 Å². The molecule has 1 heterocycles. The van der Waals surface area contributed by atoms with Crippen LogP contribution in [-0.2, 0) is 7.05 Å². The van der Waals surface area contributed by atoms with E-state index in [1.54, 1.807) is 12.1 Å². The molecule has 0 radical (unpaired) electrons. The van der Waals surface area contributed by atoms with Gasteiger partial charge in [0.05, 0.1) is 16.8 Å². The first-order chi connectivity index (χ1) is 7.50. The van der Waals surface area contributed by atoms with Gasteiger partial charge in [0, 0.05) is 32.7 Å². The number of carboxylic acid groups (broad SMARTS) is 1. The summed E-state index contributed by atoms with van der Waals surface area (Å²) in [6.45, 7) is 0. The fourth-order valence-electron chi connectivity index (χ4n) is 1.85. The highest BCUT2D eigenvalue weighted by Gasteiger charge is 2.10. The summed E-state index contributed by atoms with van der Waals surface area (Å²) >= 11 is 0. The SMILES string of the molecule is CN(C)c1cn(C)c2cc(C(=O)O)ccc12. The van der Waals surface area contributed by atoms with E-state index in [-0.39, 0.29) is 0 Å². The van der Waals surface area contributed by atoms with Crippen LogP contribution < -0.4 is 4.90 Å². The molecule has 84 valence electrons. The molecule has 0 fully saturated rings. The average molecular weight is 218 g/mol. The quantitative estimate of drug-likeness (QED) is 0.837. The predicted octanol–water partition coefficient (Wildman–Crippen LogP) is 1.94. The van der Waals surface area contributed by atoms with Gasteiger partial charge in [0.1, 0.15) is 0 Å². The van der Waals surface area contributed by atoms with E-state index in [9.17, 15) is 4.79 Å². The van der Waals surface area contributed by atoms with Gasteiger partial charge < -0.3 is 14.6 Å². The molecule has 1 aromatic carbocycles. The highest BCUT2D eigenvalue weighted by molar-refractivity contribution is 5.98. The van der Waals surface area contributed by atoms with Crippen LogP contribution in [0.1, 0.15) is 10.4 Å². The second kappa shape index (κ2) is 3.56. The number of fused-ring (bicyclic) bond motifs is 1. The summed E-state index contributed by atoms with van der Waals surface area (Å²) in [7, 11) is 5.86. The number of aromatic nitrogens is 1. The van der Waals surface area contributed by atoms with Gasteiger partial charge in [-0.3, -0.25) is 0 Å². The first-order valence-electron chi connectivity index (χ1n) is 5.00. The minimum Gasteiger partial charge on any atom is -0.478 e. The molecule has 1 N–H and O–H groups in total. The van der Waals surface area contributed by atoms with Crippen LogP contribution >= 0.6 is 0 Å². The van der Waals surface area contributed by atoms with E-state index in [1.807, 2.05) is 42.9 Å². The lowest BCUT2D eigenvalue weighted by Gasteiger charge is -2.09. The van der Waals surface area contributed by atoms with Crippen LogP contribution in [0.25, 0.3) is 10.9 Å². The largest absolute Gasteiger partial charge is 0.478 e. The molecule has 0 amide bonds. The van der Waals surface area contributed by atoms with Crippen molar-refractivity contribution in [2.24, 2.45) is 7.05 Å². The van der Waals surface area contributed by atoms with Gasteiger partial charge in [-0.05, 0) is 18.2 Å². The molecular formula is C12H14N2O2. The molecule has 4 heteroatoms. The molecule has 0 aliphatic heterocycles. The molecule has 2 rings (SSSR count). The van der Waals surface area contributed by atoms with Crippen molar-refractivity contribution in [1.29, 1.82) is 0 Å². The maximum absolute atomic E-state index is 10.9. The zero-order valence-corrected chi connectivity index (χ0v) is 9.56. The third-order valence-electron chi connectivity index (χ3n) is 2.70. The number of rotatable bonds is 2. The van der Waals surface area contributed by atoms with Crippen molar-refractivity contribution < 1.29 is 9.90 Å². The van der Waals surface area contributed by atoms with Gasteiger partial charge in [-0.25, -0.2) is 4.79 Å². The number of benzene rings is 1. The summed E-state index contributed by atoms with van der Waals surface area (Å²) in [6, 6.07) is 5.19. The average Bonchev–Trinajstić information content (AvgIpc) is 2.56. The van der Waals surface area contributed by atoms with Crippen molar-refractivity contribution in [2.75, 3.05) is 19.0 Å². The summed E-state index contributed by atoms with van der Waals surface area (Å²) in [5.74, 6) is -0.894. The number of carboxylic acids is 1. The van der Waals surface area contributed by atoms with Gasteiger partial charge in [0.15, 0.2) is 0 Å². The molecule has 0 aliphatic carbocycles. The predicted molar refractivity (Wildman–Crippen MR) is 64.2 cm³/mol. The molecule has 0 saturated carbocycles. The van der Waals surface area contributed by atoms with Gasteiger partial charge >= 0.3 is 5.97 Å². The smallest absolute Gasteiger partial charge is 0.335 e. The van der Waals surface area contributed by atoms with E-state index in [4.69, 9.17) is 5.11 Å². The van der Waals surface area contributed by atoms with Crippen LogP contribution in [0.15, 0.2) is 24.4 Å². The molecule has 0 atom stereocenters. The Morgan fingerprint density at radius 2 is 2.06 bits per heavy atom. The summed E-state index contributed by atoms with van der Waals surface area (Å²) < 4.78 is 1.94. The van der Waals surface area contributed by atoms with E-state index in [2.05, 4.69) is 0 Å². The first-order valence-corrected chi connectivity index (χ1v) is 5.00. The van der Waals surface area contributed by atoms with E-state index >= 15 is 0 Å². The molecule has 0 unspecified atom stereocenters. The number of hydrogen-bond acceptors (Lipinski definition) is 2. The summed E-state index contributed by atoms with van der Waals surface area (Å²) in [5, 5.41) is 10.00. The van der Waals surface area contributed by atoms with Crippen molar-refractivity contribution in [3.05, 3.63) is 30.0 Å². The normalized spacial score (nSPS) is 10.7. The Kier molecular flexibility index (Phi) is 2.34. The monoisotopic (exact) mass is 218 g/mol. The molecular weight excluding hydrogens is 204 g/mol. The van der Waals surface area contributed by atoms with Crippen molar-refractivity contribution in [3.8, 4) is 0 Å². The second-order valence-corrected chi connectivity index (χ2v) is 4.06. The maximum atomic E-state index is 10.9. The Bertz CT molecular complexity index is 555. The molecule has 0 saturated heterocycles. The second-order valence-electron chi connectivity index (χ2n) is 4.06. The van der Waals surface area contributed by atoms with Crippen molar-refractivity contribution >= 4 is 22.6 Å². The van der Waals surface area contributed by atoms with E-state index in [0.717, 1.165) is 16.6 Å². The van der Waals surface area contributed by atoms with Crippen LogP contribution in [0.2, 0.25) is 0 Å². The molecule has 1 aromatic heterocycles. The van der Waals surface area contributed by atoms with E-state index in [0.29, 0.717) is 5.56 Å².